The van der Waals surface area contributed by atoms with E-state index in [0.29, 0.717) is 23.2 Å². The number of carbonyl (C=O) groups is 1. The lowest BCUT2D eigenvalue weighted by atomic mass is 10.2. The fourth-order valence-electron chi connectivity index (χ4n) is 2.15. The Balaban J connectivity index is 1.56. The van der Waals surface area contributed by atoms with E-state index in [2.05, 4.69) is 15.5 Å². The van der Waals surface area contributed by atoms with Crippen LogP contribution in [0.3, 0.4) is 0 Å². The van der Waals surface area contributed by atoms with E-state index in [0.717, 1.165) is 16.8 Å². The van der Waals surface area contributed by atoms with E-state index in [1.165, 1.54) is 0 Å². The maximum absolute atomic E-state index is 12.0. The number of hydrogen-bond acceptors (Lipinski definition) is 4. The SMILES string of the molecule is Cc1ccc(NC(=O)CCc2nc(-c3ccc(Cl)cc3)no2)cc1. The number of hydrogen-bond donors (Lipinski definition) is 1. The van der Waals surface area contributed by atoms with Crippen LogP contribution in [0.4, 0.5) is 5.69 Å². The molecule has 3 aromatic rings. The molecule has 1 N–H and O–H groups in total. The summed E-state index contributed by atoms with van der Waals surface area (Å²) < 4.78 is 5.19. The Hall–Kier alpha value is -2.66. The van der Waals surface area contributed by atoms with Gasteiger partial charge in [0.15, 0.2) is 0 Å². The quantitative estimate of drug-likeness (QED) is 0.752. The molecule has 0 aliphatic carbocycles. The molecule has 0 fully saturated rings. The van der Waals surface area contributed by atoms with Gasteiger partial charge in [-0.05, 0) is 43.3 Å². The molecule has 1 heterocycles. The number of aromatic nitrogens is 2. The van der Waals surface area contributed by atoms with Gasteiger partial charge in [-0.3, -0.25) is 4.79 Å². The van der Waals surface area contributed by atoms with Crippen molar-refractivity contribution in [3.05, 3.63) is 65.0 Å². The van der Waals surface area contributed by atoms with Crippen molar-refractivity contribution < 1.29 is 9.32 Å². The van der Waals surface area contributed by atoms with Crippen LogP contribution in [0.25, 0.3) is 11.4 Å². The van der Waals surface area contributed by atoms with E-state index < -0.39 is 0 Å². The van der Waals surface area contributed by atoms with Gasteiger partial charge in [0.25, 0.3) is 0 Å². The summed E-state index contributed by atoms with van der Waals surface area (Å²) >= 11 is 5.86. The average molecular weight is 342 g/mol. The third-order valence-corrected chi connectivity index (χ3v) is 3.72. The molecule has 3 rings (SSSR count). The van der Waals surface area contributed by atoms with Crippen molar-refractivity contribution in [3.8, 4) is 11.4 Å². The second-order valence-corrected chi connectivity index (χ2v) is 5.87. The van der Waals surface area contributed by atoms with E-state index in [1.807, 2.05) is 43.3 Å². The Bertz CT molecular complexity index is 826. The maximum Gasteiger partial charge on any atom is 0.227 e. The summed E-state index contributed by atoms with van der Waals surface area (Å²) in [6.07, 6.45) is 0.661. The molecule has 0 spiro atoms. The number of halogens is 1. The minimum atomic E-state index is -0.0925. The van der Waals surface area contributed by atoms with Crippen molar-refractivity contribution >= 4 is 23.2 Å². The van der Waals surface area contributed by atoms with Crippen LogP contribution in [0.2, 0.25) is 5.02 Å². The molecule has 6 heteroatoms. The third-order valence-electron chi connectivity index (χ3n) is 3.47. The van der Waals surface area contributed by atoms with E-state index in [-0.39, 0.29) is 12.3 Å². The predicted molar refractivity (Wildman–Crippen MR) is 92.9 cm³/mol. The molecule has 0 saturated carbocycles. The molecule has 122 valence electrons. The topological polar surface area (TPSA) is 68.0 Å². The molecular formula is C18H16ClN3O2. The first-order chi connectivity index (χ1) is 11.6. The second kappa shape index (κ2) is 7.27. The Morgan fingerprint density at radius 2 is 1.83 bits per heavy atom. The van der Waals surface area contributed by atoms with Crippen molar-refractivity contribution in [2.45, 2.75) is 19.8 Å². The minimum Gasteiger partial charge on any atom is -0.339 e. The van der Waals surface area contributed by atoms with Gasteiger partial charge in [-0.25, -0.2) is 0 Å². The molecule has 2 aromatic carbocycles. The van der Waals surface area contributed by atoms with E-state index in [1.54, 1.807) is 12.1 Å². The molecule has 5 nitrogen and oxygen atoms in total. The first-order valence-electron chi connectivity index (χ1n) is 7.55. The molecule has 1 amide bonds. The van der Waals surface area contributed by atoms with Gasteiger partial charge in [0, 0.05) is 29.1 Å². The number of nitrogens with zero attached hydrogens (tertiary/aromatic N) is 2. The van der Waals surface area contributed by atoms with Crippen LogP contribution in [0.5, 0.6) is 0 Å². The monoisotopic (exact) mass is 341 g/mol. The van der Waals surface area contributed by atoms with Crippen LogP contribution in [0, 0.1) is 6.92 Å². The molecule has 0 atom stereocenters. The number of aryl methyl sites for hydroxylation is 2. The van der Waals surface area contributed by atoms with Crippen molar-refractivity contribution in [2.75, 3.05) is 5.32 Å². The van der Waals surface area contributed by atoms with Gasteiger partial charge in [0.1, 0.15) is 0 Å². The molecule has 24 heavy (non-hydrogen) atoms. The standard InChI is InChI=1S/C18H16ClN3O2/c1-12-2-8-15(9-3-12)20-16(23)10-11-17-21-18(22-24-17)13-4-6-14(19)7-5-13/h2-9H,10-11H2,1H3,(H,20,23). The molecule has 0 radical (unpaired) electrons. The summed E-state index contributed by atoms with van der Waals surface area (Å²) in [4.78, 5) is 16.3. The molecule has 1 aromatic heterocycles. The van der Waals surface area contributed by atoms with Gasteiger partial charge in [-0.2, -0.15) is 4.98 Å². The smallest absolute Gasteiger partial charge is 0.227 e. The Kier molecular flexibility index (Phi) is 4.91. The van der Waals surface area contributed by atoms with Crippen LogP contribution in [0.15, 0.2) is 53.1 Å². The van der Waals surface area contributed by atoms with Crippen LogP contribution in [-0.2, 0) is 11.2 Å². The average Bonchev–Trinajstić information content (AvgIpc) is 3.05. The highest BCUT2D eigenvalue weighted by Crippen LogP contribution is 2.19. The Morgan fingerprint density at radius 1 is 1.12 bits per heavy atom. The lowest BCUT2D eigenvalue weighted by molar-refractivity contribution is -0.116. The molecule has 0 unspecified atom stereocenters. The fourth-order valence-corrected chi connectivity index (χ4v) is 2.28. The van der Waals surface area contributed by atoms with Crippen molar-refractivity contribution in [3.63, 3.8) is 0 Å². The number of amides is 1. The van der Waals surface area contributed by atoms with Crippen molar-refractivity contribution in [2.24, 2.45) is 0 Å². The number of benzene rings is 2. The lowest BCUT2D eigenvalue weighted by Crippen LogP contribution is -2.12. The maximum atomic E-state index is 12.0. The first kappa shape index (κ1) is 16.2. The summed E-state index contributed by atoms with van der Waals surface area (Å²) in [5, 5.41) is 7.42. The van der Waals surface area contributed by atoms with Gasteiger partial charge in [-0.1, -0.05) is 34.5 Å². The van der Waals surface area contributed by atoms with Crippen LogP contribution in [0.1, 0.15) is 17.9 Å². The molecule has 0 saturated heterocycles. The normalized spacial score (nSPS) is 10.6. The summed E-state index contributed by atoms with van der Waals surface area (Å²) in [7, 11) is 0. The largest absolute Gasteiger partial charge is 0.339 e. The Morgan fingerprint density at radius 3 is 2.54 bits per heavy atom. The highest BCUT2D eigenvalue weighted by Gasteiger charge is 2.11. The van der Waals surface area contributed by atoms with Crippen LogP contribution < -0.4 is 5.32 Å². The first-order valence-corrected chi connectivity index (χ1v) is 7.93. The molecule has 0 aliphatic rings. The van der Waals surface area contributed by atoms with Crippen LogP contribution in [-0.4, -0.2) is 16.0 Å². The number of anilines is 1. The summed E-state index contributed by atoms with van der Waals surface area (Å²) in [5.41, 5.74) is 2.74. The minimum absolute atomic E-state index is 0.0925. The zero-order valence-electron chi connectivity index (χ0n) is 13.1. The second-order valence-electron chi connectivity index (χ2n) is 5.43. The summed E-state index contributed by atoms with van der Waals surface area (Å²) in [5.74, 6) is 0.824. The van der Waals surface area contributed by atoms with Gasteiger partial charge in [-0.15, -0.1) is 0 Å². The van der Waals surface area contributed by atoms with Gasteiger partial charge >= 0.3 is 0 Å². The van der Waals surface area contributed by atoms with Crippen LogP contribution >= 0.6 is 11.6 Å². The van der Waals surface area contributed by atoms with Crippen molar-refractivity contribution in [1.82, 2.24) is 10.1 Å². The van der Waals surface area contributed by atoms with Gasteiger partial charge in [0.2, 0.25) is 17.6 Å². The third kappa shape index (κ3) is 4.20. The van der Waals surface area contributed by atoms with Crippen molar-refractivity contribution in [1.29, 1.82) is 0 Å². The van der Waals surface area contributed by atoms with Gasteiger partial charge < -0.3 is 9.84 Å². The van der Waals surface area contributed by atoms with E-state index in [4.69, 9.17) is 16.1 Å². The Labute approximate surface area is 144 Å². The molecular weight excluding hydrogens is 326 g/mol. The van der Waals surface area contributed by atoms with Gasteiger partial charge in [0.05, 0.1) is 0 Å². The number of rotatable bonds is 5. The molecule has 0 aliphatic heterocycles. The summed E-state index contributed by atoms with van der Waals surface area (Å²) in [6.45, 7) is 2.00. The fraction of sp³-hybridized carbons (Fsp3) is 0.167. The van der Waals surface area contributed by atoms with E-state index in [9.17, 15) is 4.79 Å². The number of nitrogens with one attached hydrogen (secondary N) is 1. The highest BCUT2D eigenvalue weighted by atomic mass is 35.5. The number of carbonyl (C=O) groups excluding carboxylic acids is 1. The highest BCUT2D eigenvalue weighted by molar-refractivity contribution is 6.30. The zero-order valence-corrected chi connectivity index (χ0v) is 13.9. The lowest BCUT2D eigenvalue weighted by Gasteiger charge is -2.04. The van der Waals surface area contributed by atoms with E-state index >= 15 is 0 Å². The predicted octanol–water partition coefficient (Wildman–Crippen LogP) is 4.27. The molecule has 0 bridgehead atoms. The zero-order chi connectivity index (χ0) is 16.9. The summed E-state index contributed by atoms with van der Waals surface area (Å²) in [6, 6.07) is 14.8.